The minimum atomic E-state index is -0.123. The summed E-state index contributed by atoms with van der Waals surface area (Å²) in [6, 6.07) is 3.96. The molecule has 0 fully saturated rings. The Morgan fingerprint density at radius 1 is 1.21 bits per heavy atom. The van der Waals surface area contributed by atoms with Gasteiger partial charge in [0, 0.05) is 23.7 Å². The normalized spacial score (nSPS) is 11.8. The highest BCUT2D eigenvalue weighted by Crippen LogP contribution is 2.40. The third-order valence-corrected chi connectivity index (χ3v) is 3.34. The lowest BCUT2D eigenvalue weighted by Gasteiger charge is -2.22. The van der Waals surface area contributed by atoms with Gasteiger partial charge in [0.05, 0.1) is 6.20 Å². The summed E-state index contributed by atoms with van der Waals surface area (Å²) >= 11 is 0. The number of rotatable bonds is 1. The van der Waals surface area contributed by atoms with Crippen LogP contribution in [0, 0.1) is 6.92 Å². The summed E-state index contributed by atoms with van der Waals surface area (Å²) in [6.45, 7) is 8.26. The highest BCUT2D eigenvalue weighted by molar-refractivity contribution is 5.80. The molecular weight excluding hydrogens is 238 g/mol. The van der Waals surface area contributed by atoms with E-state index >= 15 is 0 Å². The SMILES string of the molecule is Cc1cc(-c2cnn(C)c2N)c(O)c(C(C)(C)C)c1. The van der Waals surface area contributed by atoms with E-state index in [0.717, 1.165) is 22.3 Å². The predicted molar refractivity (Wildman–Crippen MR) is 78.2 cm³/mol. The number of aromatic hydroxyl groups is 1. The van der Waals surface area contributed by atoms with E-state index in [1.807, 2.05) is 19.1 Å². The van der Waals surface area contributed by atoms with Gasteiger partial charge in [-0.05, 0) is 24.0 Å². The van der Waals surface area contributed by atoms with E-state index in [0.29, 0.717) is 5.82 Å². The fraction of sp³-hybridized carbons (Fsp3) is 0.400. The molecule has 4 nitrogen and oxygen atoms in total. The third kappa shape index (κ3) is 2.30. The number of hydrogen-bond donors (Lipinski definition) is 2. The number of hydrogen-bond acceptors (Lipinski definition) is 3. The highest BCUT2D eigenvalue weighted by atomic mass is 16.3. The number of nitrogens with two attached hydrogens (primary N) is 1. The van der Waals surface area contributed by atoms with Gasteiger partial charge in [-0.3, -0.25) is 4.68 Å². The summed E-state index contributed by atoms with van der Waals surface area (Å²) in [5.74, 6) is 0.846. The Bertz CT molecular complexity index is 621. The largest absolute Gasteiger partial charge is 0.507 e. The number of anilines is 1. The van der Waals surface area contributed by atoms with Crippen LogP contribution in [0.2, 0.25) is 0 Å². The van der Waals surface area contributed by atoms with Crippen LogP contribution in [-0.2, 0) is 12.5 Å². The van der Waals surface area contributed by atoms with Gasteiger partial charge in [0.25, 0.3) is 0 Å². The first-order chi connectivity index (χ1) is 8.71. The standard InChI is InChI=1S/C15H21N3O/c1-9-6-10(11-8-17-18(5)14(11)16)13(19)12(7-9)15(2,3)4/h6-8,19H,16H2,1-5H3. The lowest BCUT2D eigenvalue weighted by Crippen LogP contribution is -2.12. The monoisotopic (exact) mass is 259 g/mol. The van der Waals surface area contributed by atoms with Gasteiger partial charge >= 0.3 is 0 Å². The van der Waals surface area contributed by atoms with Crippen molar-refractivity contribution < 1.29 is 5.11 Å². The zero-order valence-corrected chi connectivity index (χ0v) is 12.2. The average molecular weight is 259 g/mol. The van der Waals surface area contributed by atoms with Crippen molar-refractivity contribution in [2.75, 3.05) is 5.73 Å². The molecule has 0 saturated heterocycles. The van der Waals surface area contributed by atoms with E-state index < -0.39 is 0 Å². The van der Waals surface area contributed by atoms with Gasteiger partial charge in [-0.15, -0.1) is 0 Å². The van der Waals surface area contributed by atoms with E-state index in [9.17, 15) is 5.11 Å². The maximum atomic E-state index is 10.5. The minimum absolute atomic E-state index is 0.123. The average Bonchev–Trinajstić information content (AvgIpc) is 2.61. The summed E-state index contributed by atoms with van der Waals surface area (Å²) in [4.78, 5) is 0. The minimum Gasteiger partial charge on any atom is -0.507 e. The van der Waals surface area contributed by atoms with Crippen LogP contribution >= 0.6 is 0 Å². The summed E-state index contributed by atoms with van der Waals surface area (Å²) < 4.78 is 1.61. The quantitative estimate of drug-likeness (QED) is 0.827. The van der Waals surface area contributed by atoms with Crippen LogP contribution < -0.4 is 5.73 Å². The van der Waals surface area contributed by atoms with Gasteiger partial charge in [0.1, 0.15) is 11.6 Å². The van der Waals surface area contributed by atoms with E-state index in [4.69, 9.17) is 5.73 Å². The molecule has 102 valence electrons. The Morgan fingerprint density at radius 3 is 2.32 bits per heavy atom. The predicted octanol–water partition coefficient (Wildman–Crippen LogP) is 2.98. The molecule has 1 heterocycles. The number of benzene rings is 1. The van der Waals surface area contributed by atoms with Crippen LogP contribution in [0.3, 0.4) is 0 Å². The van der Waals surface area contributed by atoms with Gasteiger partial charge in [0.15, 0.2) is 0 Å². The Kier molecular flexibility index (Phi) is 3.04. The number of nitrogens with zero attached hydrogens (tertiary/aromatic N) is 2. The molecule has 0 aliphatic heterocycles. The molecule has 0 saturated carbocycles. The number of phenols is 1. The third-order valence-electron chi connectivity index (χ3n) is 3.34. The zero-order chi connectivity index (χ0) is 14.4. The number of aromatic nitrogens is 2. The second-order valence-corrected chi connectivity index (χ2v) is 6.03. The number of nitrogen functional groups attached to an aromatic ring is 1. The first-order valence-electron chi connectivity index (χ1n) is 6.33. The van der Waals surface area contributed by atoms with Gasteiger partial charge in [0.2, 0.25) is 0 Å². The highest BCUT2D eigenvalue weighted by Gasteiger charge is 2.22. The van der Waals surface area contributed by atoms with E-state index in [-0.39, 0.29) is 11.2 Å². The van der Waals surface area contributed by atoms with Crippen LogP contribution in [0.5, 0.6) is 5.75 Å². The Balaban J connectivity index is 2.72. The second-order valence-electron chi connectivity index (χ2n) is 6.03. The van der Waals surface area contributed by atoms with E-state index in [2.05, 4.69) is 25.9 Å². The molecule has 0 unspecified atom stereocenters. The molecule has 0 amide bonds. The second kappa shape index (κ2) is 4.30. The molecule has 0 bridgehead atoms. The maximum Gasteiger partial charge on any atom is 0.129 e. The summed E-state index contributed by atoms with van der Waals surface area (Å²) in [5, 5.41) is 14.7. The van der Waals surface area contributed by atoms with Crippen molar-refractivity contribution in [1.82, 2.24) is 9.78 Å². The van der Waals surface area contributed by atoms with Crippen molar-refractivity contribution in [2.24, 2.45) is 7.05 Å². The molecule has 4 heteroatoms. The van der Waals surface area contributed by atoms with Crippen molar-refractivity contribution in [1.29, 1.82) is 0 Å². The molecule has 3 N–H and O–H groups in total. The Morgan fingerprint density at radius 2 is 1.84 bits per heavy atom. The Hall–Kier alpha value is -1.97. The van der Waals surface area contributed by atoms with Crippen molar-refractivity contribution in [2.45, 2.75) is 33.1 Å². The van der Waals surface area contributed by atoms with Crippen LogP contribution in [0.4, 0.5) is 5.82 Å². The smallest absolute Gasteiger partial charge is 0.129 e. The fourth-order valence-corrected chi connectivity index (χ4v) is 2.21. The maximum absolute atomic E-state index is 10.5. The zero-order valence-electron chi connectivity index (χ0n) is 12.2. The first-order valence-corrected chi connectivity index (χ1v) is 6.33. The molecule has 0 aliphatic carbocycles. The fourth-order valence-electron chi connectivity index (χ4n) is 2.21. The lowest BCUT2D eigenvalue weighted by atomic mass is 9.83. The molecule has 19 heavy (non-hydrogen) atoms. The first kappa shape index (κ1) is 13.5. The van der Waals surface area contributed by atoms with E-state index in [1.165, 1.54) is 0 Å². The van der Waals surface area contributed by atoms with E-state index in [1.54, 1.807) is 17.9 Å². The molecule has 2 rings (SSSR count). The number of aryl methyl sites for hydroxylation is 2. The topological polar surface area (TPSA) is 64.1 Å². The van der Waals surface area contributed by atoms with Crippen LogP contribution in [-0.4, -0.2) is 14.9 Å². The van der Waals surface area contributed by atoms with Crippen molar-refractivity contribution in [3.05, 3.63) is 29.5 Å². The molecular formula is C15H21N3O. The lowest BCUT2D eigenvalue weighted by molar-refractivity contribution is 0.448. The van der Waals surface area contributed by atoms with Crippen LogP contribution in [0.15, 0.2) is 18.3 Å². The van der Waals surface area contributed by atoms with Crippen molar-refractivity contribution >= 4 is 5.82 Å². The molecule has 0 radical (unpaired) electrons. The van der Waals surface area contributed by atoms with Gasteiger partial charge in [-0.1, -0.05) is 26.8 Å². The molecule has 0 aliphatic rings. The molecule has 2 aromatic rings. The molecule has 0 atom stereocenters. The van der Waals surface area contributed by atoms with Crippen LogP contribution in [0.25, 0.3) is 11.1 Å². The number of phenolic OH excluding ortho intramolecular Hbond substituents is 1. The Labute approximate surface area is 113 Å². The van der Waals surface area contributed by atoms with Crippen LogP contribution in [0.1, 0.15) is 31.9 Å². The van der Waals surface area contributed by atoms with Gasteiger partial charge < -0.3 is 10.8 Å². The van der Waals surface area contributed by atoms with Gasteiger partial charge in [-0.25, -0.2) is 0 Å². The van der Waals surface area contributed by atoms with Gasteiger partial charge in [-0.2, -0.15) is 5.10 Å². The summed E-state index contributed by atoms with van der Waals surface area (Å²) in [6.07, 6.45) is 1.69. The summed E-state index contributed by atoms with van der Waals surface area (Å²) in [7, 11) is 1.79. The van der Waals surface area contributed by atoms with Crippen molar-refractivity contribution in [3.63, 3.8) is 0 Å². The van der Waals surface area contributed by atoms with Crippen molar-refractivity contribution in [3.8, 4) is 16.9 Å². The molecule has 1 aromatic heterocycles. The molecule has 0 spiro atoms. The molecule has 1 aromatic carbocycles. The summed E-state index contributed by atoms with van der Waals surface area (Å²) in [5.41, 5.74) is 9.42.